The van der Waals surface area contributed by atoms with Gasteiger partial charge in [-0.1, -0.05) is 136 Å². The average molecular weight is 1050 g/mol. The van der Waals surface area contributed by atoms with Crippen LogP contribution in [0.5, 0.6) is 0 Å². The van der Waals surface area contributed by atoms with E-state index in [9.17, 15) is 44.8 Å². The lowest BCUT2D eigenvalue weighted by atomic mass is 9.93. The van der Waals surface area contributed by atoms with Gasteiger partial charge in [0.2, 0.25) is 11.8 Å². The van der Waals surface area contributed by atoms with Crippen LogP contribution in [0.15, 0.2) is 102 Å². The maximum absolute atomic E-state index is 12.9. The van der Waals surface area contributed by atoms with Crippen molar-refractivity contribution >= 4 is 33.3 Å². The Morgan fingerprint density at radius 2 is 1.20 bits per heavy atom. The minimum atomic E-state index is -4.38. The van der Waals surface area contributed by atoms with Crippen LogP contribution in [0.2, 0.25) is 0 Å². The number of sulfone groups is 1. The number of alkyl halides is 3. The van der Waals surface area contributed by atoms with Crippen molar-refractivity contribution in [2.24, 2.45) is 11.5 Å². The lowest BCUT2D eigenvalue weighted by Gasteiger charge is -2.20. The molecule has 0 aliphatic carbocycles. The molecule has 0 unspecified atom stereocenters. The number of carbonyl (C=O) groups excluding carboxylic acids is 3. The van der Waals surface area contributed by atoms with E-state index in [2.05, 4.69) is 43.8 Å². The molecule has 0 bridgehead atoms. The van der Waals surface area contributed by atoms with Gasteiger partial charge in [-0.3, -0.25) is 14.4 Å². The van der Waals surface area contributed by atoms with Crippen LogP contribution in [0.1, 0.15) is 198 Å². The molecule has 0 saturated heterocycles. The normalized spacial score (nSPS) is 11.3. The van der Waals surface area contributed by atoms with Crippen molar-refractivity contribution in [2.45, 2.75) is 163 Å². The Morgan fingerprint density at radius 3 is 1.68 bits per heavy atom. The molecule has 0 atom stereocenters. The molecule has 0 aliphatic rings. The minimum Gasteiger partial charge on any atom is -0.460 e. The maximum atomic E-state index is 12.9. The van der Waals surface area contributed by atoms with Crippen LogP contribution in [-0.4, -0.2) is 37.6 Å². The van der Waals surface area contributed by atoms with Gasteiger partial charge >= 0.3 is 12.1 Å². The van der Waals surface area contributed by atoms with Gasteiger partial charge in [-0.25, -0.2) is 22.0 Å². The molecule has 0 aromatic heterocycles. The van der Waals surface area contributed by atoms with Crippen LogP contribution >= 0.6 is 0 Å². The molecular formula is C59H76F5N3O6S. The summed E-state index contributed by atoms with van der Waals surface area (Å²) in [6.45, 7) is 36.1. The zero-order valence-corrected chi connectivity index (χ0v) is 46.4. The van der Waals surface area contributed by atoms with E-state index in [-0.39, 0.29) is 52.2 Å². The van der Waals surface area contributed by atoms with Crippen LogP contribution in [-0.2, 0) is 32.0 Å². The first kappa shape index (κ1) is 65.6. The molecule has 0 aliphatic heterocycles. The van der Waals surface area contributed by atoms with E-state index in [1.165, 1.54) is 41.0 Å². The molecule has 5 rings (SSSR count). The molecule has 404 valence electrons. The molecule has 0 fully saturated rings. The van der Waals surface area contributed by atoms with E-state index in [1.807, 2.05) is 88.3 Å². The van der Waals surface area contributed by atoms with Crippen molar-refractivity contribution in [1.82, 2.24) is 0 Å². The van der Waals surface area contributed by atoms with Crippen molar-refractivity contribution in [2.75, 3.05) is 5.75 Å². The summed E-state index contributed by atoms with van der Waals surface area (Å²) in [6.07, 6.45) is -3.18. The number of esters is 1. The number of hydrogen-bond acceptors (Lipinski definition) is 6. The Kier molecular flexibility index (Phi) is 26.1. The molecule has 0 heterocycles. The number of amides is 2. The molecule has 15 heteroatoms. The minimum absolute atomic E-state index is 0.0522. The number of aryl methyl sites for hydroxylation is 2. The highest BCUT2D eigenvalue weighted by Crippen LogP contribution is 2.35. The van der Waals surface area contributed by atoms with Crippen LogP contribution < -0.4 is 11.5 Å². The van der Waals surface area contributed by atoms with Crippen molar-refractivity contribution in [3.63, 3.8) is 0 Å². The highest BCUT2D eigenvalue weighted by atomic mass is 32.2. The van der Waals surface area contributed by atoms with Crippen LogP contribution in [0.25, 0.3) is 4.85 Å². The van der Waals surface area contributed by atoms with Gasteiger partial charge in [-0.05, 0) is 140 Å². The monoisotopic (exact) mass is 1050 g/mol. The van der Waals surface area contributed by atoms with Crippen LogP contribution in [0.4, 0.5) is 27.6 Å². The lowest BCUT2D eigenvalue weighted by Crippen LogP contribution is -2.24. The highest BCUT2D eigenvalue weighted by molar-refractivity contribution is 7.91. The summed E-state index contributed by atoms with van der Waals surface area (Å²) in [5, 5.41) is 0. The summed E-state index contributed by atoms with van der Waals surface area (Å²) in [7, 11) is -3.07. The molecule has 5 aromatic carbocycles. The summed E-state index contributed by atoms with van der Waals surface area (Å²) in [6, 6.07) is 25.3. The fourth-order valence-corrected chi connectivity index (χ4v) is 8.40. The number of ether oxygens (including phenoxy) is 1. The number of nitrogens with two attached hydrogens (primary N) is 2. The second-order valence-electron chi connectivity index (χ2n) is 20.1. The zero-order chi connectivity index (χ0) is 57.1. The predicted molar refractivity (Wildman–Crippen MR) is 288 cm³/mol. The Morgan fingerprint density at radius 1 is 0.649 bits per heavy atom. The van der Waals surface area contributed by atoms with Crippen LogP contribution in [0.3, 0.4) is 0 Å². The van der Waals surface area contributed by atoms with Crippen molar-refractivity contribution in [3.8, 4) is 0 Å². The van der Waals surface area contributed by atoms with E-state index in [0.717, 1.165) is 41.3 Å². The van der Waals surface area contributed by atoms with E-state index < -0.39 is 50.6 Å². The van der Waals surface area contributed by atoms with Crippen molar-refractivity contribution < 1.29 is 49.5 Å². The third kappa shape index (κ3) is 22.4. The highest BCUT2D eigenvalue weighted by Gasteiger charge is 2.31. The van der Waals surface area contributed by atoms with E-state index >= 15 is 0 Å². The van der Waals surface area contributed by atoms with Crippen molar-refractivity contribution in [1.29, 1.82) is 0 Å². The summed E-state index contributed by atoms with van der Waals surface area (Å²) < 4.78 is 91.5. The summed E-state index contributed by atoms with van der Waals surface area (Å²) >= 11 is 0. The van der Waals surface area contributed by atoms with Gasteiger partial charge in [-0.2, -0.15) is 13.2 Å². The van der Waals surface area contributed by atoms with Crippen molar-refractivity contribution in [3.05, 3.63) is 176 Å². The molecule has 0 spiro atoms. The summed E-state index contributed by atoms with van der Waals surface area (Å²) in [5.41, 5.74) is 16.6. The molecule has 0 saturated carbocycles. The smallest absolute Gasteiger partial charge is 0.415 e. The summed E-state index contributed by atoms with van der Waals surface area (Å²) in [4.78, 5) is 37.1. The fraction of sp³-hybridized carbons (Fsp3) is 0.424. The molecule has 4 N–H and O–H groups in total. The molecule has 0 radical (unpaired) electrons. The maximum Gasteiger partial charge on any atom is 0.415 e. The number of carbonyl (C=O) groups is 3. The first-order valence-corrected chi connectivity index (χ1v) is 26.1. The van der Waals surface area contributed by atoms with E-state index in [1.54, 1.807) is 31.2 Å². The molecule has 5 aromatic rings. The van der Waals surface area contributed by atoms with Gasteiger partial charge in [0.1, 0.15) is 17.2 Å². The van der Waals surface area contributed by atoms with Gasteiger partial charge in [0.05, 0.1) is 17.2 Å². The molecule has 74 heavy (non-hydrogen) atoms. The molecular weight excluding hydrogens is 974 g/mol. The third-order valence-corrected chi connectivity index (χ3v) is 12.9. The van der Waals surface area contributed by atoms with Gasteiger partial charge in [0.15, 0.2) is 15.5 Å². The lowest BCUT2D eigenvalue weighted by molar-refractivity contribution is -0.154. The Balaban J connectivity index is 0.000000466. The Bertz CT molecular complexity index is 2810. The standard InChI is InChI=1S/C17H26O2.C11H10F3N.C11H16O2S.2C10H12FNO/c1-12(2)15-11-13(3)7-8-14(15)9-10-16(18)19-17(4,5)6;1-7(2)9-5-4-8(11(12,13)14)6-10(9)15-3;1-4-14(12,13)11-8-6-5-7-10(11)9(2)3;1-6(2)7-3-8(10(12)13)5-9(11)4-7;1-6(2)8-4-3-7(11)5-9(8)10(12)13/h7-8,11-12H,9-10H2,1-6H3;4-7H,1-2H3;5-9H,4H2,1-3H3;2*3-6H,1-2H3,(H2,12,13). The predicted octanol–water partition coefficient (Wildman–Crippen LogP) is 15.5. The fourth-order valence-electron chi connectivity index (χ4n) is 7.14. The van der Waals surface area contributed by atoms with Gasteiger partial charge in [-0.15, -0.1) is 0 Å². The second-order valence-corrected chi connectivity index (χ2v) is 22.4. The van der Waals surface area contributed by atoms with Gasteiger partial charge < -0.3 is 16.2 Å². The SMILES string of the molecule is CC(C)c1cc(F)cc(C(N)=O)c1.CC(C)c1ccc(F)cc1C(N)=O.CCS(=O)(=O)c1ccccc1C(C)C.Cc1ccc(CCC(=O)OC(C)(C)C)c(C(C)C)c1.[C-]#[N+]c1cc(C(F)(F)F)ccc1C(C)C. The van der Waals surface area contributed by atoms with Crippen LogP contribution in [0, 0.1) is 25.1 Å². The van der Waals surface area contributed by atoms with Gasteiger partial charge in [0, 0.05) is 23.1 Å². The quantitative estimate of drug-likeness (QED) is 0.0721. The average Bonchev–Trinajstić information content (AvgIpc) is 3.30. The topological polar surface area (TPSA) is 151 Å². The Labute approximate surface area is 437 Å². The Hall–Kier alpha value is -6.40. The number of hydrogen-bond donors (Lipinski definition) is 2. The zero-order valence-electron chi connectivity index (χ0n) is 45.6. The first-order valence-electron chi connectivity index (χ1n) is 24.5. The van der Waals surface area contributed by atoms with E-state index in [0.29, 0.717) is 22.8 Å². The second kappa shape index (κ2) is 29.5. The number of primary amides is 2. The molecule has 2 amide bonds. The molecule has 9 nitrogen and oxygen atoms in total. The third-order valence-electron chi connectivity index (χ3n) is 11.1. The number of rotatable bonds is 12. The van der Waals surface area contributed by atoms with E-state index in [4.69, 9.17) is 22.8 Å². The largest absolute Gasteiger partial charge is 0.460 e. The van der Waals surface area contributed by atoms with Gasteiger partial charge in [0.25, 0.3) is 0 Å². The number of benzene rings is 5. The summed E-state index contributed by atoms with van der Waals surface area (Å²) in [5.74, 6) is -0.851. The number of nitrogens with zero attached hydrogens (tertiary/aromatic N) is 1. The number of halogens is 5. The first-order chi connectivity index (χ1) is 34.1.